The normalized spacial score (nSPS) is 15.3. The van der Waals surface area contributed by atoms with Crippen LogP contribution in [0.25, 0.3) is 11.0 Å². The first-order valence-corrected chi connectivity index (χ1v) is 11.5. The van der Waals surface area contributed by atoms with E-state index in [9.17, 15) is 14.9 Å². The van der Waals surface area contributed by atoms with Crippen LogP contribution in [0.15, 0.2) is 35.3 Å². The van der Waals surface area contributed by atoms with Gasteiger partial charge in [0.15, 0.2) is 0 Å². The fraction of sp³-hybridized carbons (Fsp3) is 0.400. The van der Waals surface area contributed by atoms with Gasteiger partial charge in [-0.3, -0.25) is 14.2 Å². The van der Waals surface area contributed by atoms with Gasteiger partial charge in [-0.2, -0.15) is 10.2 Å². The molecule has 9 nitrogen and oxygen atoms in total. The Morgan fingerprint density at radius 3 is 2.71 bits per heavy atom. The predicted octanol–water partition coefficient (Wildman–Crippen LogP) is 2.98. The van der Waals surface area contributed by atoms with Crippen molar-refractivity contribution in [3.05, 3.63) is 57.5 Å². The van der Waals surface area contributed by atoms with Gasteiger partial charge in [0.1, 0.15) is 17.3 Å². The van der Waals surface area contributed by atoms with Crippen molar-refractivity contribution >= 4 is 28.6 Å². The maximum absolute atomic E-state index is 12.9. The molecule has 0 radical (unpaired) electrons. The molecule has 0 saturated carbocycles. The van der Waals surface area contributed by atoms with Gasteiger partial charge >= 0.3 is 0 Å². The zero-order valence-corrected chi connectivity index (χ0v) is 19.9. The molecule has 1 atom stereocenters. The lowest BCUT2D eigenvalue weighted by molar-refractivity contribution is 0.0917. The van der Waals surface area contributed by atoms with Crippen molar-refractivity contribution in [2.45, 2.75) is 45.2 Å². The topological polar surface area (TPSA) is 116 Å². The zero-order chi connectivity index (χ0) is 24.4. The molecule has 0 spiro atoms. The van der Waals surface area contributed by atoms with Gasteiger partial charge < -0.3 is 15.5 Å². The molecule has 3 heterocycles. The number of pyridine rings is 1. The number of nitrogens with one attached hydrogen (secondary N) is 2. The van der Waals surface area contributed by atoms with Gasteiger partial charge in [-0.1, -0.05) is 19.9 Å². The second-order valence-electron chi connectivity index (χ2n) is 8.92. The number of carbonyl (C=O) groups excluding carboxylic acids is 1. The summed E-state index contributed by atoms with van der Waals surface area (Å²) < 4.78 is 1.60. The Morgan fingerprint density at radius 1 is 1.26 bits per heavy atom. The van der Waals surface area contributed by atoms with E-state index in [2.05, 4.69) is 25.5 Å². The summed E-state index contributed by atoms with van der Waals surface area (Å²) in [4.78, 5) is 36.7. The largest absolute Gasteiger partial charge is 0.348 e. The number of anilines is 2. The van der Waals surface area contributed by atoms with E-state index < -0.39 is 0 Å². The third kappa shape index (κ3) is 4.50. The standard InChI is InChI=1S/C25H29N7O2/c1-5-20(6-2)32-22-17(9-16(12-26)24(32)34)13-27-25(30-22)29-18-8-7-15-10-19(14-31(3)4)28-23(33)21(15)11-18/h7-9,11,13,19-20H,5-6,10,14H2,1-4H3,(H,28,33)(H,27,29,30). The molecular formula is C25H29N7O2. The number of nitriles is 1. The lowest BCUT2D eigenvalue weighted by Gasteiger charge is -2.28. The number of amides is 1. The molecule has 0 aliphatic carbocycles. The van der Waals surface area contributed by atoms with Crippen molar-refractivity contribution in [1.82, 2.24) is 24.8 Å². The fourth-order valence-corrected chi connectivity index (χ4v) is 4.56. The SMILES string of the molecule is CCC(CC)n1c(=O)c(C#N)cc2cnc(Nc3ccc4c(c3)C(=O)NC(CN(C)C)C4)nc21. The molecular weight excluding hydrogens is 430 g/mol. The third-order valence-electron chi connectivity index (χ3n) is 6.20. The molecule has 0 saturated heterocycles. The van der Waals surface area contributed by atoms with Crippen molar-refractivity contribution < 1.29 is 4.79 Å². The Kier molecular flexibility index (Phi) is 6.61. The van der Waals surface area contributed by atoms with Gasteiger partial charge in [0.2, 0.25) is 5.95 Å². The molecule has 1 aromatic carbocycles. The lowest BCUT2D eigenvalue weighted by Crippen LogP contribution is -2.46. The van der Waals surface area contributed by atoms with Crippen LogP contribution < -0.4 is 16.2 Å². The second kappa shape index (κ2) is 9.61. The number of nitrogens with zero attached hydrogens (tertiary/aromatic N) is 5. The highest BCUT2D eigenvalue weighted by Gasteiger charge is 2.25. The molecule has 2 aromatic heterocycles. The third-order valence-corrected chi connectivity index (χ3v) is 6.20. The van der Waals surface area contributed by atoms with E-state index in [4.69, 9.17) is 0 Å². The number of hydrogen-bond acceptors (Lipinski definition) is 7. The van der Waals surface area contributed by atoms with Crippen LogP contribution in [-0.4, -0.2) is 52.0 Å². The number of likely N-dealkylation sites (N-methyl/N-ethyl adjacent to an activating group) is 1. The van der Waals surface area contributed by atoms with Crippen molar-refractivity contribution in [1.29, 1.82) is 5.26 Å². The smallest absolute Gasteiger partial charge is 0.270 e. The van der Waals surface area contributed by atoms with Gasteiger partial charge in [0.05, 0.1) is 0 Å². The number of carbonyl (C=O) groups is 1. The highest BCUT2D eigenvalue weighted by molar-refractivity contribution is 5.98. The Labute approximate surface area is 198 Å². The Bertz CT molecular complexity index is 1340. The summed E-state index contributed by atoms with van der Waals surface area (Å²) in [6, 6.07) is 9.20. The molecule has 1 aliphatic heterocycles. The molecule has 176 valence electrons. The summed E-state index contributed by atoms with van der Waals surface area (Å²) in [6.07, 6.45) is 3.86. The maximum atomic E-state index is 12.9. The molecule has 1 aliphatic rings. The molecule has 0 bridgehead atoms. The summed E-state index contributed by atoms with van der Waals surface area (Å²) >= 11 is 0. The average Bonchev–Trinajstić information content (AvgIpc) is 2.81. The van der Waals surface area contributed by atoms with Crippen molar-refractivity contribution in [2.75, 3.05) is 26.0 Å². The number of hydrogen-bond donors (Lipinski definition) is 2. The maximum Gasteiger partial charge on any atom is 0.270 e. The second-order valence-corrected chi connectivity index (χ2v) is 8.92. The van der Waals surface area contributed by atoms with Crippen LogP contribution in [0.3, 0.4) is 0 Å². The monoisotopic (exact) mass is 459 g/mol. The Morgan fingerprint density at radius 2 is 2.03 bits per heavy atom. The van der Waals surface area contributed by atoms with E-state index in [0.717, 1.165) is 31.4 Å². The lowest BCUT2D eigenvalue weighted by atomic mass is 9.94. The van der Waals surface area contributed by atoms with E-state index in [0.29, 0.717) is 28.2 Å². The van der Waals surface area contributed by atoms with Crippen molar-refractivity contribution in [3.63, 3.8) is 0 Å². The molecule has 34 heavy (non-hydrogen) atoms. The minimum Gasteiger partial charge on any atom is -0.348 e. The fourth-order valence-electron chi connectivity index (χ4n) is 4.56. The van der Waals surface area contributed by atoms with E-state index in [-0.39, 0.29) is 29.1 Å². The van der Waals surface area contributed by atoms with E-state index in [1.165, 1.54) is 6.07 Å². The van der Waals surface area contributed by atoms with Gasteiger partial charge in [-0.25, -0.2) is 4.98 Å². The van der Waals surface area contributed by atoms with Gasteiger partial charge in [0, 0.05) is 41.5 Å². The number of fused-ring (bicyclic) bond motifs is 2. The summed E-state index contributed by atoms with van der Waals surface area (Å²) in [5, 5.41) is 16.3. The summed E-state index contributed by atoms with van der Waals surface area (Å²) in [7, 11) is 3.98. The van der Waals surface area contributed by atoms with Crippen molar-refractivity contribution in [2.24, 2.45) is 0 Å². The number of rotatable bonds is 7. The van der Waals surface area contributed by atoms with Gasteiger partial charge in [0.25, 0.3) is 11.5 Å². The molecule has 0 fully saturated rings. The molecule has 1 amide bonds. The molecule has 4 rings (SSSR count). The number of benzene rings is 1. The van der Waals surface area contributed by atoms with E-state index >= 15 is 0 Å². The van der Waals surface area contributed by atoms with Crippen LogP contribution in [0, 0.1) is 11.3 Å². The molecule has 9 heteroatoms. The first-order valence-electron chi connectivity index (χ1n) is 11.5. The minimum atomic E-state index is -0.342. The van der Waals surface area contributed by atoms with Gasteiger partial charge in [-0.15, -0.1) is 0 Å². The average molecular weight is 460 g/mol. The first-order chi connectivity index (χ1) is 16.3. The zero-order valence-electron chi connectivity index (χ0n) is 19.9. The van der Waals surface area contributed by atoms with Crippen LogP contribution in [0.5, 0.6) is 0 Å². The molecule has 3 aromatic rings. The van der Waals surface area contributed by atoms with Crippen LogP contribution in [0.2, 0.25) is 0 Å². The Balaban J connectivity index is 1.69. The van der Waals surface area contributed by atoms with E-state index in [1.807, 2.05) is 46.1 Å². The Hall–Kier alpha value is -3.77. The summed E-state index contributed by atoms with van der Waals surface area (Å²) in [5.74, 6) is 0.223. The first kappa shape index (κ1) is 23.4. The van der Waals surface area contributed by atoms with Crippen LogP contribution in [-0.2, 0) is 6.42 Å². The van der Waals surface area contributed by atoms with Crippen molar-refractivity contribution in [3.8, 4) is 6.07 Å². The molecule has 2 N–H and O–H groups in total. The molecule has 1 unspecified atom stereocenters. The number of aromatic nitrogens is 3. The van der Waals surface area contributed by atoms with Crippen LogP contribution in [0.1, 0.15) is 54.2 Å². The van der Waals surface area contributed by atoms with Gasteiger partial charge in [-0.05, 0) is 57.1 Å². The van der Waals surface area contributed by atoms with E-state index in [1.54, 1.807) is 16.8 Å². The van der Waals surface area contributed by atoms with Crippen LogP contribution in [0.4, 0.5) is 11.6 Å². The highest BCUT2D eigenvalue weighted by atomic mass is 16.2. The summed E-state index contributed by atoms with van der Waals surface area (Å²) in [5.41, 5.74) is 2.55. The highest BCUT2D eigenvalue weighted by Crippen LogP contribution is 2.25. The summed E-state index contributed by atoms with van der Waals surface area (Å²) in [6.45, 7) is 4.79. The van der Waals surface area contributed by atoms with Crippen LogP contribution >= 0.6 is 0 Å². The predicted molar refractivity (Wildman–Crippen MR) is 131 cm³/mol. The minimum absolute atomic E-state index is 0.0754. The quantitative estimate of drug-likeness (QED) is 0.558.